The van der Waals surface area contributed by atoms with Crippen LogP contribution in [0.5, 0.6) is 5.75 Å². The Kier molecular flexibility index (Phi) is 3.59. The summed E-state index contributed by atoms with van der Waals surface area (Å²) in [6, 6.07) is 13.9. The summed E-state index contributed by atoms with van der Waals surface area (Å²) in [6.45, 7) is 2.05. The van der Waals surface area contributed by atoms with Gasteiger partial charge in [0.25, 0.3) is 0 Å². The van der Waals surface area contributed by atoms with Crippen LogP contribution in [0.4, 0.5) is 5.69 Å². The summed E-state index contributed by atoms with van der Waals surface area (Å²) in [7, 11) is 1.64. The molecule has 4 heteroatoms. The highest BCUT2D eigenvalue weighted by Crippen LogP contribution is 2.43. The molecule has 104 valence electrons. The molecule has 0 radical (unpaired) electrons. The Hall–Kier alpha value is -2.38. The van der Waals surface area contributed by atoms with Gasteiger partial charge >= 0.3 is 0 Å². The number of benzene rings is 2. The van der Waals surface area contributed by atoms with Gasteiger partial charge < -0.3 is 4.74 Å². The van der Waals surface area contributed by atoms with Gasteiger partial charge in [0.1, 0.15) is 5.75 Å². The van der Waals surface area contributed by atoms with Gasteiger partial charge in [-0.3, -0.25) is 0 Å². The first-order valence-corrected chi connectivity index (χ1v) is 7.42. The molecule has 21 heavy (non-hydrogen) atoms. The Balaban J connectivity index is 2.04. The molecule has 1 aliphatic rings. The molecule has 0 bridgehead atoms. The first-order valence-electron chi connectivity index (χ1n) is 6.54. The summed E-state index contributed by atoms with van der Waals surface area (Å²) in [5.74, 6) is 0.798. The van der Waals surface area contributed by atoms with Crippen LogP contribution in [0.3, 0.4) is 0 Å². The first kappa shape index (κ1) is 13.6. The minimum Gasteiger partial charge on any atom is -0.497 e. The Morgan fingerprint density at radius 2 is 1.90 bits per heavy atom. The van der Waals surface area contributed by atoms with E-state index in [-0.39, 0.29) is 0 Å². The summed E-state index contributed by atoms with van der Waals surface area (Å²) >= 11 is 1.61. The van der Waals surface area contributed by atoms with E-state index in [4.69, 9.17) is 4.74 Å². The first-order chi connectivity index (χ1) is 10.2. The lowest BCUT2D eigenvalue weighted by Crippen LogP contribution is -2.17. The molecule has 0 aromatic heterocycles. The molecule has 0 aliphatic carbocycles. The van der Waals surface area contributed by atoms with Gasteiger partial charge in [-0.25, -0.2) is 4.90 Å². The van der Waals surface area contributed by atoms with Gasteiger partial charge in [-0.2, -0.15) is 5.26 Å². The monoisotopic (exact) mass is 294 g/mol. The minimum absolute atomic E-state index is 0.798. The van der Waals surface area contributed by atoms with Gasteiger partial charge in [-0.1, -0.05) is 41.6 Å². The zero-order valence-corrected chi connectivity index (χ0v) is 12.6. The number of fused-ring (bicyclic) bond motifs is 1. The van der Waals surface area contributed by atoms with Crippen molar-refractivity contribution in [1.29, 1.82) is 5.26 Å². The molecule has 0 N–H and O–H groups in total. The van der Waals surface area contributed by atoms with Crippen LogP contribution in [-0.4, -0.2) is 7.11 Å². The maximum Gasteiger partial charge on any atom is 0.189 e. The maximum absolute atomic E-state index is 9.55. The number of nitrogens with zero attached hydrogens (tertiary/aromatic N) is 2. The maximum atomic E-state index is 9.55. The highest BCUT2D eigenvalue weighted by molar-refractivity contribution is 8.02. The van der Waals surface area contributed by atoms with Crippen molar-refractivity contribution in [3.05, 3.63) is 59.0 Å². The number of methoxy groups -OCH3 is 1. The number of nitriles is 1. The molecule has 2 aromatic carbocycles. The van der Waals surface area contributed by atoms with Crippen LogP contribution in [-0.2, 0) is 0 Å². The molecule has 0 atom stereocenters. The van der Waals surface area contributed by atoms with Gasteiger partial charge in [-0.15, -0.1) is 0 Å². The largest absolute Gasteiger partial charge is 0.497 e. The van der Waals surface area contributed by atoms with Crippen LogP contribution in [0, 0.1) is 18.4 Å². The molecule has 3 rings (SSSR count). The van der Waals surface area contributed by atoms with Crippen LogP contribution >= 0.6 is 11.8 Å². The van der Waals surface area contributed by atoms with Crippen LogP contribution in [0.2, 0.25) is 0 Å². The molecular formula is C17H14N2OS. The number of hydrogen-bond acceptors (Lipinski definition) is 4. The molecule has 2 aromatic rings. The number of thioether (sulfide) groups is 1. The molecule has 1 aliphatic heterocycles. The zero-order chi connectivity index (χ0) is 14.8. The number of aryl methyl sites for hydroxylation is 1. The Labute approximate surface area is 128 Å². The number of rotatable bonds is 2. The molecule has 0 fully saturated rings. The van der Waals surface area contributed by atoms with E-state index in [1.165, 1.54) is 5.56 Å². The lowest BCUT2D eigenvalue weighted by atomic mass is 10.1. The third kappa shape index (κ3) is 2.48. The minimum atomic E-state index is 0.798. The number of hydrogen-bond donors (Lipinski definition) is 0. The lowest BCUT2D eigenvalue weighted by molar-refractivity contribution is 0.414. The Morgan fingerprint density at radius 1 is 1.14 bits per heavy atom. The van der Waals surface area contributed by atoms with Crippen LogP contribution < -0.4 is 9.64 Å². The summed E-state index contributed by atoms with van der Waals surface area (Å²) < 4.78 is 5.24. The van der Waals surface area contributed by atoms with Gasteiger partial charge in [0.15, 0.2) is 6.19 Å². The third-order valence-electron chi connectivity index (χ3n) is 3.39. The van der Waals surface area contributed by atoms with E-state index in [1.54, 1.807) is 23.8 Å². The number of anilines is 1. The Morgan fingerprint density at radius 3 is 2.57 bits per heavy atom. The predicted octanol–water partition coefficient (Wildman–Crippen LogP) is 4.40. The van der Waals surface area contributed by atoms with Crippen molar-refractivity contribution >= 4 is 23.1 Å². The van der Waals surface area contributed by atoms with Crippen LogP contribution in [0.25, 0.3) is 5.70 Å². The third-order valence-corrected chi connectivity index (χ3v) is 4.32. The van der Waals surface area contributed by atoms with Gasteiger partial charge in [-0.05, 0) is 30.7 Å². The van der Waals surface area contributed by atoms with Crippen LogP contribution in [0.15, 0.2) is 52.8 Å². The van der Waals surface area contributed by atoms with E-state index < -0.39 is 0 Å². The van der Waals surface area contributed by atoms with E-state index >= 15 is 0 Å². The topological polar surface area (TPSA) is 36.3 Å². The quantitative estimate of drug-likeness (QED) is 0.769. The van der Waals surface area contributed by atoms with Crippen molar-refractivity contribution in [2.24, 2.45) is 0 Å². The molecule has 0 saturated heterocycles. The zero-order valence-electron chi connectivity index (χ0n) is 11.8. The fraction of sp³-hybridized carbons (Fsp3) is 0.118. The van der Waals surface area contributed by atoms with Gasteiger partial charge in [0.05, 0.1) is 18.5 Å². The predicted molar refractivity (Wildman–Crippen MR) is 86.1 cm³/mol. The van der Waals surface area contributed by atoms with E-state index in [0.29, 0.717) is 0 Å². The molecule has 0 amide bonds. The smallest absolute Gasteiger partial charge is 0.189 e. The SMILES string of the molecule is COc1ccc2c(c1)SC=C(c1ccc(C)cc1)N2C#N. The summed E-state index contributed by atoms with van der Waals surface area (Å²) in [4.78, 5) is 2.68. The molecular weight excluding hydrogens is 280 g/mol. The highest BCUT2D eigenvalue weighted by atomic mass is 32.2. The second-order valence-electron chi connectivity index (χ2n) is 4.76. The highest BCUT2D eigenvalue weighted by Gasteiger charge is 2.22. The standard InChI is InChI=1S/C17H14N2OS/c1-12-3-5-13(6-4-12)16-10-21-17-9-14(20-2)7-8-15(17)19(16)11-18/h3-10H,1-2H3. The van der Waals surface area contributed by atoms with Crippen molar-refractivity contribution in [2.45, 2.75) is 11.8 Å². The van der Waals surface area contributed by atoms with E-state index in [1.807, 2.05) is 35.7 Å². The van der Waals surface area contributed by atoms with E-state index in [0.717, 1.165) is 27.6 Å². The number of ether oxygens (including phenoxy) is 1. The molecule has 1 heterocycles. The second-order valence-corrected chi connectivity index (χ2v) is 5.67. The second kappa shape index (κ2) is 5.55. The fourth-order valence-electron chi connectivity index (χ4n) is 2.23. The van der Waals surface area contributed by atoms with Gasteiger partial charge in [0.2, 0.25) is 0 Å². The van der Waals surface area contributed by atoms with Crippen molar-refractivity contribution in [3.8, 4) is 11.9 Å². The molecule has 0 spiro atoms. The fourth-order valence-corrected chi connectivity index (χ4v) is 3.18. The van der Waals surface area contributed by atoms with Crippen molar-refractivity contribution in [3.63, 3.8) is 0 Å². The average Bonchev–Trinajstić information content (AvgIpc) is 2.54. The lowest BCUT2D eigenvalue weighted by Gasteiger charge is -2.26. The van der Waals surface area contributed by atoms with Gasteiger partial charge in [0, 0.05) is 10.3 Å². The Bertz CT molecular complexity index is 744. The van der Waals surface area contributed by atoms with E-state index in [2.05, 4.69) is 25.2 Å². The van der Waals surface area contributed by atoms with Crippen molar-refractivity contribution in [2.75, 3.05) is 12.0 Å². The summed E-state index contributed by atoms with van der Waals surface area (Å²) in [6.07, 6.45) is 2.27. The van der Waals surface area contributed by atoms with Crippen LogP contribution in [0.1, 0.15) is 11.1 Å². The summed E-state index contributed by atoms with van der Waals surface area (Å²) in [5, 5.41) is 11.6. The van der Waals surface area contributed by atoms with Crippen molar-refractivity contribution < 1.29 is 4.74 Å². The van der Waals surface area contributed by atoms with Crippen molar-refractivity contribution in [1.82, 2.24) is 0 Å². The normalized spacial score (nSPS) is 13.2. The average molecular weight is 294 g/mol. The summed E-state index contributed by atoms with van der Waals surface area (Å²) in [5.41, 5.74) is 4.04. The molecule has 0 saturated carbocycles. The molecule has 3 nitrogen and oxygen atoms in total. The van der Waals surface area contributed by atoms with E-state index in [9.17, 15) is 5.26 Å². The molecule has 0 unspecified atom stereocenters.